The summed E-state index contributed by atoms with van der Waals surface area (Å²) in [5, 5.41) is 11.1. The van der Waals surface area contributed by atoms with Gasteiger partial charge in [-0.2, -0.15) is 0 Å². The summed E-state index contributed by atoms with van der Waals surface area (Å²) in [6.07, 6.45) is 1.42. The van der Waals surface area contributed by atoms with Crippen LogP contribution in [0, 0.1) is 0 Å². The highest BCUT2D eigenvalue weighted by atomic mass is 31.2. The number of oxime groups is 1. The smallest absolute Gasteiger partial charge is 0.386 e. The first-order valence-corrected chi connectivity index (χ1v) is 6.25. The van der Waals surface area contributed by atoms with Gasteiger partial charge in [0.2, 0.25) is 5.45 Å². The lowest BCUT2D eigenvalue weighted by atomic mass is 10.5. The van der Waals surface area contributed by atoms with Gasteiger partial charge in [0.05, 0.1) is 13.2 Å². The van der Waals surface area contributed by atoms with Crippen molar-refractivity contribution in [3.63, 3.8) is 0 Å². The van der Waals surface area contributed by atoms with Crippen LogP contribution in [0.5, 0.6) is 0 Å². The fraction of sp³-hybridized carbons (Fsp3) is 0.750. The Kier molecular flexibility index (Phi) is 7.21. The predicted octanol–water partition coefficient (Wildman–Crippen LogP) is 2.02. The Morgan fingerprint density at radius 3 is 2.07 bits per heavy atom. The maximum Gasteiger partial charge on any atom is 0.386 e. The topological polar surface area (TPSA) is 85.2 Å². The van der Waals surface area contributed by atoms with Crippen LogP contribution in [0.25, 0.3) is 0 Å². The fourth-order valence-corrected chi connectivity index (χ4v) is 2.16. The minimum absolute atomic E-state index is 0.173. The van der Waals surface area contributed by atoms with E-state index in [9.17, 15) is 9.36 Å². The molecule has 0 aromatic carbocycles. The highest BCUT2D eigenvalue weighted by Crippen LogP contribution is 2.49. The SMILES string of the molecule is CCCOP(=O)(OCCC)/C(C=O)=N\O. The number of hydrogen-bond acceptors (Lipinski definition) is 6. The summed E-state index contributed by atoms with van der Waals surface area (Å²) < 4.78 is 21.8. The van der Waals surface area contributed by atoms with Crippen LogP contribution in [0.2, 0.25) is 0 Å². The molecule has 88 valence electrons. The number of carbonyl (C=O) groups excluding carboxylic acids is 1. The molecule has 0 heterocycles. The van der Waals surface area contributed by atoms with Gasteiger partial charge in [0.15, 0.2) is 6.29 Å². The fourth-order valence-electron chi connectivity index (χ4n) is 0.735. The summed E-state index contributed by atoms with van der Waals surface area (Å²) in [5.41, 5.74) is -0.593. The Labute approximate surface area is 88.8 Å². The van der Waals surface area contributed by atoms with Gasteiger partial charge in [-0.3, -0.25) is 9.36 Å². The second-order valence-corrected chi connectivity index (χ2v) is 4.71. The Morgan fingerprint density at radius 1 is 1.33 bits per heavy atom. The second kappa shape index (κ2) is 7.56. The van der Waals surface area contributed by atoms with Crippen molar-refractivity contribution in [2.75, 3.05) is 13.2 Å². The number of rotatable bonds is 8. The molecule has 0 aromatic rings. The molecule has 0 aromatic heterocycles. The molecule has 0 fully saturated rings. The molecule has 15 heavy (non-hydrogen) atoms. The first-order valence-electron chi connectivity index (χ1n) is 4.71. The van der Waals surface area contributed by atoms with E-state index >= 15 is 0 Å². The molecule has 1 N–H and O–H groups in total. The van der Waals surface area contributed by atoms with Crippen molar-refractivity contribution in [2.24, 2.45) is 5.16 Å². The molecule has 0 unspecified atom stereocenters. The number of hydrogen-bond donors (Lipinski definition) is 1. The lowest BCUT2D eigenvalue weighted by Crippen LogP contribution is -2.09. The van der Waals surface area contributed by atoms with E-state index in [0.717, 1.165) is 0 Å². The standard InChI is InChI=1S/C8H16NO5P/c1-3-5-13-15(12,14-6-4-2)8(7-10)9-11/h7,11H,3-6H2,1-2H3/b9-8-. The first kappa shape index (κ1) is 14.3. The van der Waals surface area contributed by atoms with E-state index in [1.54, 1.807) is 0 Å². The molecule has 0 aliphatic heterocycles. The monoisotopic (exact) mass is 237 g/mol. The molecule has 0 amide bonds. The molecule has 6 nitrogen and oxygen atoms in total. The second-order valence-electron chi connectivity index (χ2n) is 2.74. The van der Waals surface area contributed by atoms with Crippen molar-refractivity contribution in [1.29, 1.82) is 0 Å². The first-order chi connectivity index (χ1) is 7.14. The largest absolute Gasteiger partial charge is 0.410 e. The van der Waals surface area contributed by atoms with Gasteiger partial charge in [-0.15, -0.1) is 0 Å². The van der Waals surface area contributed by atoms with Crippen LogP contribution in [-0.2, 0) is 18.4 Å². The third-order valence-electron chi connectivity index (χ3n) is 1.42. The minimum atomic E-state index is -3.73. The highest BCUT2D eigenvalue weighted by Gasteiger charge is 2.32. The van der Waals surface area contributed by atoms with E-state index in [4.69, 9.17) is 14.3 Å². The van der Waals surface area contributed by atoms with Crippen molar-refractivity contribution < 1.29 is 23.6 Å². The van der Waals surface area contributed by atoms with Gasteiger partial charge in [-0.1, -0.05) is 19.0 Å². The van der Waals surface area contributed by atoms with Gasteiger partial charge in [-0.25, -0.2) is 0 Å². The molecule has 0 aliphatic carbocycles. The van der Waals surface area contributed by atoms with E-state index in [2.05, 4.69) is 5.16 Å². The number of aldehydes is 1. The number of nitrogens with zero attached hydrogens (tertiary/aromatic N) is 1. The van der Waals surface area contributed by atoms with Gasteiger partial charge in [0.25, 0.3) is 0 Å². The van der Waals surface area contributed by atoms with E-state index in [0.29, 0.717) is 12.8 Å². The van der Waals surface area contributed by atoms with E-state index < -0.39 is 13.0 Å². The third kappa shape index (κ3) is 4.55. The Balaban J connectivity index is 4.67. The summed E-state index contributed by atoms with van der Waals surface area (Å²) in [6, 6.07) is 0. The summed E-state index contributed by atoms with van der Waals surface area (Å²) in [4.78, 5) is 10.5. The van der Waals surface area contributed by atoms with Crippen molar-refractivity contribution in [3.8, 4) is 0 Å². The van der Waals surface area contributed by atoms with Crippen LogP contribution in [-0.4, -0.2) is 30.2 Å². The molecule has 0 rings (SSSR count). The van der Waals surface area contributed by atoms with Gasteiger partial charge in [0.1, 0.15) is 0 Å². The zero-order valence-electron chi connectivity index (χ0n) is 8.88. The third-order valence-corrected chi connectivity index (χ3v) is 3.22. The molecule has 0 aliphatic rings. The zero-order valence-corrected chi connectivity index (χ0v) is 9.77. The van der Waals surface area contributed by atoms with E-state index in [-0.39, 0.29) is 19.5 Å². The van der Waals surface area contributed by atoms with Crippen LogP contribution < -0.4 is 0 Å². The molecule has 0 saturated carbocycles. The maximum absolute atomic E-state index is 11.9. The van der Waals surface area contributed by atoms with Crippen LogP contribution in [0.4, 0.5) is 0 Å². The summed E-state index contributed by atoms with van der Waals surface area (Å²) in [5.74, 6) is 0. The Hall–Kier alpha value is -0.710. The van der Waals surface area contributed by atoms with Crippen molar-refractivity contribution >= 4 is 19.3 Å². The zero-order chi connectivity index (χ0) is 11.7. The van der Waals surface area contributed by atoms with Gasteiger partial charge < -0.3 is 14.3 Å². The predicted molar refractivity (Wildman–Crippen MR) is 55.4 cm³/mol. The average molecular weight is 237 g/mol. The van der Waals surface area contributed by atoms with Gasteiger partial charge in [0, 0.05) is 0 Å². The Morgan fingerprint density at radius 2 is 1.80 bits per heavy atom. The summed E-state index contributed by atoms with van der Waals surface area (Å²) in [6.45, 7) is 3.99. The molecule has 7 heteroatoms. The normalized spacial score (nSPS) is 12.8. The summed E-state index contributed by atoms with van der Waals surface area (Å²) in [7, 11) is -3.73. The van der Waals surface area contributed by atoms with Crippen molar-refractivity contribution in [3.05, 3.63) is 0 Å². The van der Waals surface area contributed by atoms with Crippen LogP contribution in [0.1, 0.15) is 26.7 Å². The van der Waals surface area contributed by atoms with Crippen molar-refractivity contribution in [2.45, 2.75) is 26.7 Å². The minimum Gasteiger partial charge on any atom is -0.410 e. The molecular weight excluding hydrogens is 221 g/mol. The molecule has 0 atom stereocenters. The van der Waals surface area contributed by atoms with Gasteiger partial charge in [-0.05, 0) is 12.8 Å². The van der Waals surface area contributed by atoms with Crippen LogP contribution in [0.3, 0.4) is 0 Å². The van der Waals surface area contributed by atoms with Crippen LogP contribution >= 0.6 is 7.60 Å². The van der Waals surface area contributed by atoms with E-state index in [1.165, 1.54) is 0 Å². The molecular formula is C8H16NO5P. The lowest BCUT2D eigenvalue weighted by Gasteiger charge is -2.15. The summed E-state index contributed by atoms with van der Waals surface area (Å²) >= 11 is 0. The van der Waals surface area contributed by atoms with Crippen LogP contribution in [0.15, 0.2) is 5.16 Å². The molecule has 0 radical (unpaired) electrons. The van der Waals surface area contributed by atoms with E-state index in [1.807, 2.05) is 13.8 Å². The molecule has 0 saturated heterocycles. The average Bonchev–Trinajstić information content (AvgIpc) is 2.25. The highest BCUT2D eigenvalue weighted by molar-refractivity contribution is 7.74. The molecule has 0 spiro atoms. The van der Waals surface area contributed by atoms with Gasteiger partial charge >= 0.3 is 7.60 Å². The Bertz CT molecular complexity index is 254. The van der Waals surface area contributed by atoms with Crippen molar-refractivity contribution in [1.82, 2.24) is 0 Å². The quantitative estimate of drug-likeness (QED) is 0.229. The lowest BCUT2D eigenvalue weighted by molar-refractivity contribution is -0.102. The maximum atomic E-state index is 11.9. The molecule has 0 bridgehead atoms. The number of carbonyl (C=O) groups is 1.